The van der Waals surface area contributed by atoms with Crippen molar-refractivity contribution < 1.29 is 17.9 Å². The molecule has 6 nitrogen and oxygen atoms in total. The quantitative estimate of drug-likeness (QED) is 0.694. The number of sulfonamides is 1. The molecule has 136 valence electrons. The number of ether oxygens (including phenoxy) is 1. The van der Waals surface area contributed by atoms with Crippen molar-refractivity contribution in [2.24, 2.45) is 0 Å². The Kier molecular flexibility index (Phi) is 8.21. The van der Waals surface area contributed by atoms with E-state index in [1.807, 2.05) is 38.1 Å². The number of hydrogen-bond acceptors (Lipinski definition) is 4. The van der Waals surface area contributed by atoms with Gasteiger partial charge in [0, 0.05) is 25.6 Å². The Labute approximate surface area is 145 Å². The van der Waals surface area contributed by atoms with Gasteiger partial charge < -0.3 is 10.1 Å². The lowest BCUT2D eigenvalue weighted by molar-refractivity contribution is -0.121. The highest BCUT2D eigenvalue weighted by Crippen LogP contribution is 2.12. The molecule has 1 N–H and O–H groups in total. The van der Waals surface area contributed by atoms with Gasteiger partial charge in [-0.1, -0.05) is 19.1 Å². The number of carbonyl (C=O) groups excluding carboxylic acids is 1. The summed E-state index contributed by atoms with van der Waals surface area (Å²) in [6.45, 7) is 4.49. The third-order valence-electron chi connectivity index (χ3n) is 3.94. The van der Waals surface area contributed by atoms with Crippen LogP contribution >= 0.6 is 0 Å². The molecule has 1 aromatic rings. The number of methoxy groups -OCH3 is 1. The number of nitrogens with one attached hydrogen (secondary N) is 1. The minimum atomic E-state index is -3.30. The predicted octanol–water partition coefficient (Wildman–Crippen LogP) is 1.80. The summed E-state index contributed by atoms with van der Waals surface area (Å²) in [7, 11) is -1.69. The molecule has 1 unspecified atom stereocenters. The van der Waals surface area contributed by atoms with Crippen molar-refractivity contribution in [1.82, 2.24) is 9.62 Å². The molecular formula is C17H28N2O4S. The molecule has 0 saturated heterocycles. The van der Waals surface area contributed by atoms with Crippen LogP contribution in [0.5, 0.6) is 5.75 Å². The summed E-state index contributed by atoms with van der Waals surface area (Å²) in [4.78, 5) is 11.9. The minimum Gasteiger partial charge on any atom is -0.497 e. The molecule has 24 heavy (non-hydrogen) atoms. The van der Waals surface area contributed by atoms with E-state index in [1.54, 1.807) is 7.11 Å². The first-order valence-electron chi connectivity index (χ1n) is 8.14. The van der Waals surface area contributed by atoms with Gasteiger partial charge in [-0.3, -0.25) is 4.79 Å². The number of benzene rings is 1. The fourth-order valence-corrected chi connectivity index (χ4v) is 3.62. The Balaban J connectivity index is 2.42. The number of nitrogens with zero attached hydrogens (tertiary/aromatic N) is 1. The molecule has 0 heterocycles. The zero-order valence-electron chi connectivity index (χ0n) is 14.9. The normalized spacial score (nSPS) is 12.9. The minimum absolute atomic E-state index is 0.107. The van der Waals surface area contributed by atoms with Gasteiger partial charge in [0.05, 0.1) is 13.4 Å². The summed E-state index contributed by atoms with van der Waals surface area (Å²) in [6.07, 6.45) is 2.75. The number of rotatable bonds is 10. The SMILES string of the molecule is CCC(C)N(CCC(=O)NCCc1cccc(OC)c1)S(C)(=O)=O. The van der Waals surface area contributed by atoms with Gasteiger partial charge in [-0.15, -0.1) is 0 Å². The second-order valence-corrected chi connectivity index (χ2v) is 7.77. The maximum absolute atomic E-state index is 11.9. The van der Waals surface area contributed by atoms with Crippen LogP contribution in [0.25, 0.3) is 0 Å². The Morgan fingerprint density at radius 3 is 2.67 bits per heavy atom. The fourth-order valence-electron chi connectivity index (χ4n) is 2.39. The van der Waals surface area contributed by atoms with Gasteiger partial charge in [0.15, 0.2) is 0 Å². The maximum Gasteiger partial charge on any atom is 0.221 e. The number of amides is 1. The van der Waals surface area contributed by atoms with Crippen LogP contribution in [0.2, 0.25) is 0 Å². The van der Waals surface area contributed by atoms with Crippen molar-refractivity contribution >= 4 is 15.9 Å². The molecule has 0 aliphatic carbocycles. The molecular weight excluding hydrogens is 328 g/mol. The van der Waals surface area contributed by atoms with Crippen molar-refractivity contribution in [1.29, 1.82) is 0 Å². The van der Waals surface area contributed by atoms with E-state index in [4.69, 9.17) is 4.74 Å². The van der Waals surface area contributed by atoms with Crippen LogP contribution in [-0.2, 0) is 21.2 Å². The second-order valence-electron chi connectivity index (χ2n) is 5.83. The molecule has 0 spiro atoms. The van der Waals surface area contributed by atoms with Crippen molar-refractivity contribution in [2.45, 2.75) is 39.2 Å². The number of hydrogen-bond donors (Lipinski definition) is 1. The lowest BCUT2D eigenvalue weighted by Crippen LogP contribution is -2.40. The standard InChI is InChI=1S/C17H28N2O4S/c1-5-14(2)19(24(4,21)22)12-10-17(20)18-11-9-15-7-6-8-16(13-15)23-3/h6-8,13-14H,5,9-12H2,1-4H3,(H,18,20). The molecule has 0 fully saturated rings. The molecule has 0 radical (unpaired) electrons. The van der Waals surface area contributed by atoms with E-state index in [2.05, 4.69) is 5.32 Å². The summed E-state index contributed by atoms with van der Waals surface area (Å²) in [6, 6.07) is 7.58. The van der Waals surface area contributed by atoms with E-state index < -0.39 is 10.0 Å². The second kappa shape index (κ2) is 9.64. The third kappa shape index (κ3) is 6.88. The van der Waals surface area contributed by atoms with E-state index in [1.165, 1.54) is 10.6 Å². The fraction of sp³-hybridized carbons (Fsp3) is 0.588. The molecule has 1 amide bonds. The van der Waals surface area contributed by atoms with E-state index in [-0.39, 0.29) is 24.9 Å². The number of carbonyl (C=O) groups is 1. The molecule has 0 saturated carbocycles. The van der Waals surface area contributed by atoms with Crippen LogP contribution in [0, 0.1) is 0 Å². The van der Waals surface area contributed by atoms with Crippen LogP contribution < -0.4 is 10.1 Å². The smallest absolute Gasteiger partial charge is 0.221 e. The summed E-state index contributed by atoms with van der Waals surface area (Å²) in [5, 5.41) is 2.83. The van der Waals surface area contributed by atoms with Crippen LogP contribution in [0.3, 0.4) is 0 Å². The van der Waals surface area contributed by atoms with E-state index >= 15 is 0 Å². The highest BCUT2D eigenvalue weighted by Gasteiger charge is 2.22. The molecule has 7 heteroatoms. The zero-order valence-corrected chi connectivity index (χ0v) is 15.7. The monoisotopic (exact) mass is 356 g/mol. The Morgan fingerprint density at radius 2 is 2.08 bits per heavy atom. The topological polar surface area (TPSA) is 75.7 Å². The first kappa shape index (κ1) is 20.4. The van der Waals surface area contributed by atoms with Gasteiger partial charge >= 0.3 is 0 Å². The summed E-state index contributed by atoms with van der Waals surface area (Å²) < 4.78 is 30.1. The van der Waals surface area contributed by atoms with Gasteiger partial charge in [0.2, 0.25) is 15.9 Å². The van der Waals surface area contributed by atoms with Crippen LogP contribution in [0.15, 0.2) is 24.3 Å². The third-order valence-corrected chi connectivity index (χ3v) is 5.33. The predicted molar refractivity (Wildman–Crippen MR) is 95.6 cm³/mol. The first-order chi connectivity index (χ1) is 11.3. The molecule has 1 rings (SSSR count). The van der Waals surface area contributed by atoms with Crippen molar-refractivity contribution in [3.63, 3.8) is 0 Å². The highest BCUT2D eigenvalue weighted by molar-refractivity contribution is 7.88. The Morgan fingerprint density at radius 1 is 1.38 bits per heavy atom. The zero-order chi connectivity index (χ0) is 18.2. The van der Waals surface area contributed by atoms with Crippen LogP contribution in [0.1, 0.15) is 32.3 Å². The van der Waals surface area contributed by atoms with Gasteiger partial charge in [-0.25, -0.2) is 8.42 Å². The van der Waals surface area contributed by atoms with Crippen LogP contribution in [-0.4, -0.2) is 51.1 Å². The average Bonchev–Trinajstić information content (AvgIpc) is 2.53. The van der Waals surface area contributed by atoms with Crippen LogP contribution in [0.4, 0.5) is 0 Å². The lowest BCUT2D eigenvalue weighted by Gasteiger charge is -2.25. The molecule has 1 aromatic carbocycles. The summed E-state index contributed by atoms with van der Waals surface area (Å²) in [5.41, 5.74) is 1.08. The lowest BCUT2D eigenvalue weighted by atomic mass is 10.1. The maximum atomic E-state index is 11.9. The molecule has 1 atom stereocenters. The van der Waals surface area contributed by atoms with E-state index in [9.17, 15) is 13.2 Å². The first-order valence-corrected chi connectivity index (χ1v) is 9.99. The van der Waals surface area contributed by atoms with Gasteiger partial charge in [-0.2, -0.15) is 4.31 Å². The van der Waals surface area contributed by atoms with Crippen molar-refractivity contribution in [2.75, 3.05) is 26.5 Å². The van der Waals surface area contributed by atoms with E-state index in [0.29, 0.717) is 19.4 Å². The average molecular weight is 356 g/mol. The van der Waals surface area contributed by atoms with Crippen molar-refractivity contribution in [3.8, 4) is 5.75 Å². The largest absolute Gasteiger partial charge is 0.497 e. The molecule has 0 bridgehead atoms. The van der Waals surface area contributed by atoms with Gasteiger partial charge in [0.1, 0.15) is 5.75 Å². The Bertz CT molecular complexity index is 631. The summed E-state index contributed by atoms with van der Waals surface area (Å²) >= 11 is 0. The summed E-state index contributed by atoms with van der Waals surface area (Å²) in [5.74, 6) is 0.644. The van der Waals surface area contributed by atoms with E-state index in [0.717, 1.165) is 11.3 Å². The Hall–Kier alpha value is -1.60. The van der Waals surface area contributed by atoms with Crippen molar-refractivity contribution in [3.05, 3.63) is 29.8 Å². The molecule has 0 aliphatic rings. The molecule has 0 aromatic heterocycles. The van der Waals surface area contributed by atoms with Gasteiger partial charge in [0.25, 0.3) is 0 Å². The van der Waals surface area contributed by atoms with Gasteiger partial charge in [-0.05, 0) is 37.5 Å². The highest BCUT2D eigenvalue weighted by atomic mass is 32.2. The molecule has 0 aliphatic heterocycles.